The van der Waals surface area contributed by atoms with E-state index >= 15 is 0 Å². The molecule has 114 valence electrons. The summed E-state index contributed by atoms with van der Waals surface area (Å²) in [7, 11) is 1.64. The van der Waals surface area contributed by atoms with Gasteiger partial charge in [0, 0.05) is 37.7 Å². The van der Waals surface area contributed by atoms with Crippen molar-refractivity contribution in [3.8, 4) is 0 Å². The number of hydrogen-bond donors (Lipinski definition) is 3. The molecular weight excluding hydrogens is 278 g/mol. The highest BCUT2D eigenvalue weighted by Crippen LogP contribution is 2.13. The molecule has 0 radical (unpaired) electrons. The minimum atomic E-state index is -0.489. The first-order valence-electron chi connectivity index (χ1n) is 6.76. The molecule has 0 aliphatic rings. The number of ether oxygens (including phenoxy) is 1. The number of hydrogen-bond acceptors (Lipinski definition) is 6. The van der Waals surface area contributed by atoms with Gasteiger partial charge in [-0.1, -0.05) is 25.1 Å². The maximum Gasteiger partial charge on any atom is 0.251 e. The van der Waals surface area contributed by atoms with Gasteiger partial charge in [0.15, 0.2) is 5.16 Å². The lowest BCUT2D eigenvalue weighted by atomic mass is 10.2. The number of aryl methyl sites for hydroxylation is 1. The summed E-state index contributed by atoms with van der Waals surface area (Å²) in [5, 5.41) is 13.5. The van der Waals surface area contributed by atoms with Gasteiger partial charge in [-0.05, 0) is 6.42 Å². The Morgan fingerprint density at radius 1 is 1.60 bits per heavy atom. The van der Waals surface area contributed by atoms with Crippen molar-refractivity contribution < 1.29 is 9.84 Å². The van der Waals surface area contributed by atoms with Gasteiger partial charge in [-0.25, -0.2) is 4.98 Å². The molecule has 0 aliphatic carbocycles. The molecule has 0 saturated heterocycles. The number of thioether (sulfide) groups is 1. The fourth-order valence-corrected chi connectivity index (χ4v) is 2.44. The first kappa shape index (κ1) is 17.2. The second kappa shape index (κ2) is 9.93. The van der Waals surface area contributed by atoms with Gasteiger partial charge in [-0.3, -0.25) is 4.79 Å². The van der Waals surface area contributed by atoms with Gasteiger partial charge < -0.3 is 20.1 Å². The van der Waals surface area contributed by atoms with Crippen molar-refractivity contribution in [1.82, 2.24) is 15.3 Å². The Kier molecular flexibility index (Phi) is 8.52. The normalized spacial score (nSPS) is 12.6. The Labute approximate surface area is 123 Å². The molecule has 0 amide bonds. The van der Waals surface area contributed by atoms with E-state index in [4.69, 9.17) is 4.74 Å². The van der Waals surface area contributed by atoms with Crippen molar-refractivity contribution in [2.45, 2.75) is 31.0 Å². The summed E-state index contributed by atoms with van der Waals surface area (Å²) in [5.41, 5.74) is 0.658. The molecule has 1 aromatic rings. The van der Waals surface area contributed by atoms with E-state index in [1.807, 2.05) is 6.92 Å². The number of aliphatic hydroxyl groups excluding tert-OH is 1. The van der Waals surface area contributed by atoms with Crippen molar-refractivity contribution in [2.75, 3.05) is 32.6 Å². The summed E-state index contributed by atoms with van der Waals surface area (Å²) < 4.78 is 4.90. The van der Waals surface area contributed by atoms with Gasteiger partial charge in [0.05, 0.1) is 12.7 Å². The number of nitrogens with zero attached hydrogens (tertiary/aromatic N) is 1. The zero-order chi connectivity index (χ0) is 14.8. The lowest BCUT2D eigenvalue weighted by molar-refractivity contribution is 0.175. The van der Waals surface area contributed by atoms with Crippen molar-refractivity contribution in [1.29, 1.82) is 0 Å². The number of methoxy groups -OCH3 is 1. The topological polar surface area (TPSA) is 87.2 Å². The standard InChI is InChI=1S/C13H23N3O3S/c1-3-4-10-7-12(18)16-13(15-10)20-9-11(17)8-14-5-6-19-2/h7,11,14,17H,3-6,8-9H2,1-2H3,(H,15,16,18). The molecule has 3 N–H and O–H groups in total. The number of aromatic nitrogens is 2. The SMILES string of the molecule is CCCc1cc(=O)[nH]c(SCC(O)CNCCOC)n1. The number of H-pyrrole nitrogens is 1. The Morgan fingerprint density at radius 2 is 2.40 bits per heavy atom. The lowest BCUT2D eigenvalue weighted by Crippen LogP contribution is -2.30. The molecule has 20 heavy (non-hydrogen) atoms. The lowest BCUT2D eigenvalue weighted by Gasteiger charge is -2.11. The van der Waals surface area contributed by atoms with Crippen LogP contribution in [0.5, 0.6) is 0 Å². The monoisotopic (exact) mass is 301 g/mol. The zero-order valence-electron chi connectivity index (χ0n) is 12.0. The van der Waals surface area contributed by atoms with Crippen molar-refractivity contribution in [3.05, 3.63) is 22.1 Å². The van der Waals surface area contributed by atoms with Crippen molar-refractivity contribution >= 4 is 11.8 Å². The van der Waals surface area contributed by atoms with E-state index in [2.05, 4.69) is 15.3 Å². The van der Waals surface area contributed by atoms with E-state index in [-0.39, 0.29) is 5.56 Å². The van der Waals surface area contributed by atoms with Crippen LogP contribution in [-0.4, -0.2) is 53.7 Å². The summed E-state index contributed by atoms with van der Waals surface area (Å²) in [6, 6.07) is 1.52. The van der Waals surface area contributed by atoms with Gasteiger partial charge in [0.2, 0.25) is 0 Å². The maximum atomic E-state index is 11.5. The molecule has 0 fully saturated rings. The number of aliphatic hydroxyl groups is 1. The van der Waals surface area contributed by atoms with Gasteiger partial charge >= 0.3 is 0 Å². The van der Waals surface area contributed by atoms with Crippen LogP contribution in [-0.2, 0) is 11.2 Å². The average Bonchev–Trinajstić information content (AvgIpc) is 2.41. The van der Waals surface area contributed by atoms with Gasteiger partial charge in [0.1, 0.15) is 0 Å². The molecule has 0 spiro atoms. The summed E-state index contributed by atoms with van der Waals surface area (Å²) in [6.45, 7) is 3.87. The van der Waals surface area contributed by atoms with Crippen LogP contribution in [0.15, 0.2) is 16.0 Å². The van der Waals surface area contributed by atoms with Crippen LogP contribution in [0.25, 0.3) is 0 Å². The fourth-order valence-electron chi connectivity index (χ4n) is 1.61. The number of rotatable bonds is 10. The summed E-state index contributed by atoms with van der Waals surface area (Å²) in [6.07, 6.45) is 1.25. The zero-order valence-corrected chi connectivity index (χ0v) is 12.8. The van der Waals surface area contributed by atoms with E-state index in [9.17, 15) is 9.90 Å². The minimum absolute atomic E-state index is 0.140. The Balaban J connectivity index is 2.38. The van der Waals surface area contributed by atoms with E-state index in [1.54, 1.807) is 7.11 Å². The Bertz CT molecular complexity index is 439. The van der Waals surface area contributed by atoms with E-state index in [1.165, 1.54) is 17.8 Å². The van der Waals surface area contributed by atoms with E-state index in [0.29, 0.717) is 30.6 Å². The molecule has 1 aromatic heterocycles. The molecule has 1 heterocycles. The second-order valence-electron chi connectivity index (χ2n) is 4.45. The van der Waals surface area contributed by atoms with Gasteiger partial charge in [-0.2, -0.15) is 0 Å². The van der Waals surface area contributed by atoms with Gasteiger partial charge in [-0.15, -0.1) is 0 Å². The molecule has 1 unspecified atom stereocenters. The fraction of sp³-hybridized carbons (Fsp3) is 0.692. The quantitative estimate of drug-likeness (QED) is 0.330. The van der Waals surface area contributed by atoms with E-state index < -0.39 is 6.10 Å². The van der Waals surface area contributed by atoms with Crippen LogP contribution in [0.3, 0.4) is 0 Å². The van der Waals surface area contributed by atoms with Gasteiger partial charge in [0.25, 0.3) is 5.56 Å². The molecule has 7 heteroatoms. The summed E-state index contributed by atoms with van der Waals surface area (Å²) >= 11 is 1.36. The molecule has 0 aliphatic heterocycles. The highest BCUT2D eigenvalue weighted by molar-refractivity contribution is 7.99. The maximum absolute atomic E-state index is 11.5. The molecule has 0 aromatic carbocycles. The molecular formula is C13H23N3O3S. The smallest absolute Gasteiger partial charge is 0.251 e. The Hall–Kier alpha value is -0.890. The van der Waals surface area contributed by atoms with Crippen LogP contribution in [0.2, 0.25) is 0 Å². The first-order chi connectivity index (χ1) is 9.65. The van der Waals surface area contributed by atoms with Crippen LogP contribution in [0.1, 0.15) is 19.0 Å². The molecule has 1 atom stereocenters. The predicted molar refractivity (Wildman–Crippen MR) is 80.3 cm³/mol. The van der Waals surface area contributed by atoms with E-state index in [0.717, 1.165) is 18.5 Å². The summed E-state index contributed by atoms with van der Waals surface area (Å²) in [5.74, 6) is 0.485. The molecule has 0 saturated carbocycles. The first-order valence-corrected chi connectivity index (χ1v) is 7.75. The van der Waals surface area contributed by atoms with Crippen LogP contribution < -0.4 is 10.9 Å². The van der Waals surface area contributed by atoms with Crippen molar-refractivity contribution in [3.63, 3.8) is 0 Å². The number of nitrogens with one attached hydrogen (secondary N) is 2. The molecule has 0 bridgehead atoms. The third-order valence-electron chi connectivity index (χ3n) is 2.55. The predicted octanol–water partition coefficient (Wildman–Crippen LogP) is 0.411. The molecule has 1 rings (SSSR count). The number of aromatic amines is 1. The van der Waals surface area contributed by atoms with Crippen LogP contribution in [0.4, 0.5) is 0 Å². The van der Waals surface area contributed by atoms with Crippen molar-refractivity contribution in [2.24, 2.45) is 0 Å². The van der Waals surface area contributed by atoms with Crippen LogP contribution >= 0.6 is 11.8 Å². The third-order valence-corrected chi connectivity index (χ3v) is 3.57. The third kappa shape index (κ3) is 7.04. The minimum Gasteiger partial charge on any atom is -0.391 e. The Morgan fingerprint density at radius 3 is 3.10 bits per heavy atom. The second-order valence-corrected chi connectivity index (χ2v) is 5.46. The highest BCUT2D eigenvalue weighted by atomic mass is 32.2. The highest BCUT2D eigenvalue weighted by Gasteiger charge is 2.07. The largest absolute Gasteiger partial charge is 0.391 e. The summed E-state index contributed by atoms with van der Waals surface area (Å²) in [4.78, 5) is 18.5. The van der Waals surface area contributed by atoms with Crippen LogP contribution in [0, 0.1) is 0 Å². The average molecular weight is 301 g/mol. The molecule has 6 nitrogen and oxygen atoms in total.